The summed E-state index contributed by atoms with van der Waals surface area (Å²) < 4.78 is 0. The van der Waals surface area contributed by atoms with Crippen LogP contribution >= 0.6 is 23.2 Å². The molecule has 2 heterocycles. The molecule has 2 aliphatic rings. The molecule has 1 N–H and O–H groups in total. The van der Waals surface area contributed by atoms with Crippen LogP contribution in [-0.4, -0.2) is 4.98 Å². The van der Waals surface area contributed by atoms with Crippen molar-refractivity contribution in [2.45, 2.75) is 18.4 Å². The highest BCUT2D eigenvalue weighted by Crippen LogP contribution is 2.52. The summed E-state index contributed by atoms with van der Waals surface area (Å²) in [6.07, 6.45) is 9.27. The fourth-order valence-electron chi connectivity index (χ4n) is 3.54. The van der Waals surface area contributed by atoms with Crippen molar-refractivity contribution >= 4 is 28.9 Å². The van der Waals surface area contributed by atoms with Crippen LogP contribution in [0.25, 0.3) is 0 Å². The minimum absolute atomic E-state index is 0.259. The van der Waals surface area contributed by atoms with E-state index in [1.165, 1.54) is 11.1 Å². The van der Waals surface area contributed by atoms with E-state index in [1.807, 2.05) is 24.5 Å². The lowest BCUT2D eigenvalue weighted by Gasteiger charge is -2.38. The highest BCUT2D eigenvalue weighted by atomic mass is 35.5. The van der Waals surface area contributed by atoms with Gasteiger partial charge < -0.3 is 5.32 Å². The highest BCUT2D eigenvalue weighted by molar-refractivity contribution is 6.35. The highest BCUT2D eigenvalue weighted by Gasteiger charge is 2.39. The van der Waals surface area contributed by atoms with Crippen LogP contribution in [0.2, 0.25) is 10.0 Å². The van der Waals surface area contributed by atoms with Gasteiger partial charge in [-0.05, 0) is 42.2 Å². The number of nitrogens with one attached hydrogen (secondary N) is 1. The maximum absolute atomic E-state index is 6.44. The summed E-state index contributed by atoms with van der Waals surface area (Å²) in [5, 5.41) is 5.05. The fourth-order valence-corrected chi connectivity index (χ4v) is 4.16. The molecule has 0 saturated heterocycles. The standard InChI is InChI=1S/C17H14Cl2N2/c18-11-8-14(19)16-12-2-1-3-13(12)17(21-15(16)9-11)10-4-6-20-7-5-10/h1-2,4-9,12-13,17,21H,3H2/t12?,13?,17-/m1/s1. The third-order valence-electron chi connectivity index (χ3n) is 4.44. The number of allylic oxidation sites excluding steroid dienone is 2. The number of hydrogen-bond donors (Lipinski definition) is 1. The first kappa shape index (κ1) is 13.2. The second-order valence-electron chi connectivity index (χ2n) is 5.60. The van der Waals surface area contributed by atoms with Crippen LogP contribution in [0.3, 0.4) is 0 Å². The minimum atomic E-state index is 0.259. The predicted octanol–water partition coefficient (Wildman–Crippen LogP) is 5.21. The van der Waals surface area contributed by atoms with Crippen molar-refractivity contribution in [3.8, 4) is 0 Å². The summed E-state index contributed by atoms with van der Waals surface area (Å²) in [7, 11) is 0. The topological polar surface area (TPSA) is 24.9 Å². The van der Waals surface area contributed by atoms with Gasteiger partial charge in [0.1, 0.15) is 0 Å². The van der Waals surface area contributed by atoms with E-state index in [0.29, 0.717) is 16.9 Å². The minimum Gasteiger partial charge on any atom is -0.378 e. The third-order valence-corrected chi connectivity index (χ3v) is 4.98. The maximum atomic E-state index is 6.44. The Hall–Kier alpha value is -1.51. The van der Waals surface area contributed by atoms with Crippen molar-refractivity contribution < 1.29 is 0 Å². The molecule has 2 unspecified atom stereocenters. The smallest absolute Gasteiger partial charge is 0.0555 e. The Bertz CT molecular complexity index is 712. The molecule has 4 rings (SSSR count). The average Bonchev–Trinajstić information content (AvgIpc) is 2.95. The molecule has 0 saturated carbocycles. The molecule has 0 amide bonds. The van der Waals surface area contributed by atoms with E-state index >= 15 is 0 Å². The molecular formula is C17H14Cl2N2. The van der Waals surface area contributed by atoms with E-state index in [4.69, 9.17) is 23.2 Å². The van der Waals surface area contributed by atoms with Gasteiger partial charge in [0.15, 0.2) is 0 Å². The molecule has 0 spiro atoms. The van der Waals surface area contributed by atoms with E-state index in [0.717, 1.165) is 17.1 Å². The fraction of sp³-hybridized carbons (Fsp3) is 0.235. The molecule has 1 aromatic carbocycles. The SMILES string of the molecule is Clc1cc(Cl)c2c(c1)N[C@H](c1ccncc1)C1CC=CC21. The van der Waals surface area contributed by atoms with E-state index in [-0.39, 0.29) is 6.04 Å². The quantitative estimate of drug-likeness (QED) is 0.730. The summed E-state index contributed by atoms with van der Waals surface area (Å²) in [6, 6.07) is 8.21. The first-order valence-electron chi connectivity index (χ1n) is 7.06. The van der Waals surface area contributed by atoms with Crippen LogP contribution in [0, 0.1) is 5.92 Å². The Kier molecular flexibility index (Phi) is 3.16. The molecule has 2 nitrogen and oxygen atoms in total. The molecule has 0 fully saturated rings. The molecule has 1 aliphatic heterocycles. The van der Waals surface area contributed by atoms with Crippen molar-refractivity contribution in [2.24, 2.45) is 5.92 Å². The number of pyridine rings is 1. The molecule has 21 heavy (non-hydrogen) atoms. The van der Waals surface area contributed by atoms with Gasteiger partial charge in [0, 0.05) is 39.6 Å². The third kappa shape index (κ3) is 2.14. The van der Waals surface area contributed by atoms with Crippen molar-refractivity contribution in [3.63, 3.8) is 0 Å². The van der Waals surface area contributed by atoms with Gasteiger partial charge in [-0.3, -0.25) is 4.98 Å². The van der Waals surface area contributed by atoms with Gasteiger partial charge in [-0.1, -0.05) is 35.4 Å². The summed E-state index contributed by atoms with van der Waals surface area (Å²) >= 11 is 12.6. The summed E-state index contributed by atoms with van der Waals surface area (Å²) in [6.45, 7) is 0. The van der Waals surface area contributed by atoms with Crippen LogP contribution in [-0.2, 0) is 0 Å². The lowest BCUT2D eigenvalue weighted by Crippen LogP contribution is -2.29. The lowest BCUT2D eigenvalue weighted by atomic mass is 9.77. The van der Waals surface area contributed by atoms with Crippen molar-refractivity contribution in [1.82, 2.24) is 4.98 Å². The van der Waals surface area contributed by atoms with Crippen LogP contribution in [0.5, 0.6) is 0 Å². The van der Waals surface area contributed by atoms with Crippen molar-refractivity contribution in [1.29, 1.82) is 0 Å². The number of anilines is 1. The van der Waals surface area contributed by atoms with Gasteiger partial charge in [-0.2, -0.15) is 0 Å². The van der Waals surface area contributed by atoms with Gasteiger partial charge in [-0.25, -0.2) is 0 Å². The van der Waals surface area contributed by atoms with E-state index in [2.05, 4.69) is 34.6 Å². The van der Waals surface area contributed by atoms with Crippen LogP contribution < -0.4 is 5.32 Å². The number of nitrogens with zero attached hydrogens (tertiary/aromatic N) is 1. The first-order chi connectivity index (χ1) is 10.2. The Morgan fingerprint density at radius 3 is 2.76 bits per heavy atom. The largest absolute Gasteiger partial charge is 0.378 e. The molecule has 1 aliphatic carbocycles. The van der Waals surface area contributed by atoms with Gasteiger partial charge in [0.25, 0.3) is 0 Å². The molecule has 1 aromatic heterocycles. The zero-order valence-corrected chi connectivity index (χ0v) is 12.8. The normalized spacial score (nSPS) is 26.1. The second-order valence-corrected chi connectivity index (χ2v) is 6.45. The van der Waals surface area contributed by atoms with E-state index in [9.17, 15) is 0 Å². The lowest BCUT2D eigenvalue weighted by molar-refractivity contribution is 0.425. The number of aromatic nitrogens is 1. The molecule has 0 radical (unpaired) electrons. The number of benzene rings is 1. The predicted molar refractivity (Wildman–Crippen MR) is 87.1 cm³/mol. The summed E-state index contributed by atoms with van der Waals surface area (Å²) in [4.78, 5) is 4.11. The first-order valence-corrected chi connectivity index (χ1v) is 7.81. The van der Waals surface area contributed by atoms with E-state index < -0.39 is 0 Å². The molecular weight excluding hydrogens is 303 g/mol. The molecule has 2 aromatic rings. The van der Waals surface area contributed by atoms with Crippen molar-refractivity contribution in [3.05, 3.63) is 70.0 Å². The molecule has 3 atom stereocenters. The molecule has 4 heteroatoms. The van der Waals surface area contributed by atoms with Crippen LogP contribution in [0.15, 0.2) is 48.8 Å². The Morgan fingerprint density at radius 2 is 1.95 bits per heavy atom. The Morgan fingerprint density at radius 1 is 1.14 bits per heavy atom. The summed E-state index contributed by atoms with van der Waals surface area (Å²) in [5.41, 5.74) is 3.47. The number of rotatable bonds is 1. The number of hydrogen-bond acceptors (Lipinski definition) is 2. The number of halogens is 2. The zero-order chi connectivity index (χ0) is 14.4. The van der Waals surface area contributed by atoms with Crippen molar-refractivity contribution in [2.75, 3.05) is 5.32 Å². The van der Waals surface area contributed by atoms with Gasteiger partial charge in [0.2, 0.25) is 0 Å². The average molecular weight is 317 g/mol. The molecule has 0 bridgehead atoms. The van der Waals surface area contributed by atoms with Crippen LogP contribution in [0.4, 0.5) is 5.69 Å². The Labute approximate surface area is 133 Å². The van der Waals surface area contributed by atoms with Gasteiger partial charge in [-0.15, -0.1) is 0 Å². The molecule has 106 valence electrons. The van der Waals surface area contributed by atoms with Crippen LogP contribution in [0.1, 0.15) is 29.5 Å². The zero-order valence-electron chi connectivity index (χ0n) is 11.3. The van der Waals surface area contributed by atoms with Gasteiger partial charge >= 0.3 is 0 Å². The Balaban J connectivity index is 1.84. The monoisotopic (exact) mass is 316 g/mol. The summed E-state index contributed by atoms with van der Waals surface area (Å²) in [5.74, 6) is 0.836. The number of fused-ring (bicyclic) bond motifs is 3. The van der Waals surface area contributed by atoms with E-state index in [1.54, 1.807) is 0 Å². The maximum Gasteiger partial charge on any atom is 0.0555 e. The second kappa shape index (κ2) is 5.04. The van der Waals surface area contributed by atoms with Gasteiger partial charge in [0.05, 0.1) is 6.04 Å².